The molecule has 2 aromatic carbocycles. The maximum Gasteiger partial charge on any atom is 0.311 e. The van der Waals surface area contributed by atoms with E-state index in [4.69, 9.17) is 21.7 Å². The van der Waals surface area contributed by atoms with Crippen LogP contribution in [0, 0.1) is 5.41 Å². The van der Waals surface area contributed by atoms with E-state index in [9.17, 15) is 9.90 Å². The van der Waals surface area contributed by atoms with E-state index in [1.54, 1.807) is 18.2 Å². The van der Waals surface area contributed by atoms with Crippen LogP contribution in [0.2, 0.25) is 0 Å². The number of carbonyl (C=O) groups excluding carboxylic acids is 1. The minimum absolute atomic E-state index is 0.0841. The highest BCUT2D eigenvalue weighted by atomic mass is 32.1. The Morgan fingerprint density at radius 2 is 1.65 bits per heavy atom. The highest BCUT2D eigenvalue weighted by Gasteiger charge is 2.24. The van der Waals surface area contributed by atoms with Gasteiger partial charge in [-0.2, -0.15) is 0 Å². The largest absolute Gasteiger partial charge is 0.504 e. The minimum Gasteiger partial charge on any atom is -0.504 e. The van der Waals surface area contributed by atoms with Crippen LogP contribution in [0.25, 0.3) is 0 Å². The Hall–Kier alpha value is -2.80. The highest BCUT2D eigenvalue weighted by molar-refractivity contribution is 7.80. The van der Waals surface area contributed by atoms with Crippen LogP contribution in [0.15, 0.2) is 42.5 Å². The lowest BCUT2D eigenvalue weighted by molar-refractivity contribution is -0.153. The second-order valence-corrected chi connectivity index (χ2v) is 10.9. The topological polar surface area (TPSA) is 79.8 Å². The molecule has 0 radical (unpaired) electrons. The molecule has 0 saturated carbocycles. The molecule has 0 amide bonds. The summed E-state index contributed by atoms with van der Waals surface area (Å²) in [5.74, 6) is 0.242. The number of rotatable bonds is 8. The average molecular weight is 487 g/mol. The van der Waals surface area contributed by atoms with Gasteiger partial charge >= 0.3 is 5.97 Å². The van der Waals surface area contributed by atoms with Gasteiger partial charge in [-0.3, -0.25) is 4.79 Å². The number of esters is 1. The molecule has 0 bridgehead atoms. The van der Waals surface area contributed by atoms with Crippen LogP contribution in [0.1, 0.15) is 58.2 Å². The molecule has 0 spiro atoms. The molecule has 186 valence electrons. The fourth-order valence-electron chi connectivity index (χ4n) is 3.22. The van der Waals surface area contributed by atoms with Gasteiger partial charge in [0.1, 0.15) is 6.61 Å². The summed E-state index contributed by atoms with van der Waals surface area (Å²) in [7, 11) is 1.51. The fourth-order valence-corrected chi connectivity index (χ4v) is 3.46. The standard InChI is InChI=1S/C27H38N2O4S/c1-26(2,3)20-11-8-18(9-12-20)14-21(17-33-24(31)27(4,5)6)29-25(34)28-16-19-10-13-22(30)23(15-19)32-7/h8-13,15,21,30H,14,16-17H2,1-7H3,(H2,28,29,34). The van der Waals surface area contributed by atoms with Crippen molar-refractivity contribution in [3.05, 3.63) is 59.2 Å². The number of thiocarbonyl (C=S) groups is 1. The number of aromatic hydroxyl groups is 1. The molecule has 0 aliphatic rings. The molecule has 6 nitrogen and oxygen atoms in total. The predicted octanol–water partition coefficient (Wildman–Crippen LogP) is 4.86. The summed E-state index contributed by atoms with van der Waals surface area (Å²) in [5.41, 5.74) is 2.81. The lowest BCUT2D eigenvalue weighted by Crippen LogP contribution is -2.45. The molecular formula is C27H38N2O4S. The van der Waals surface area contributed by atoms with Crippen LogP contribution in [-0.2, 0) is 27.9 Å². The smallest absolute Gasteiger partial charge is 0.311 e. The summed E-state index contributed by atoms with van der Waals surface area (Å²) >= 11 is 5.51. The third kappa shape index (κ3) is 8.52. The Morgan fingerprint density at radius 3 is 2.21 bits per heavy atom. The zero-order chi connectivity index (χ0) is 25.5. The van der Waals surface area contributed by atoms with Crippen molar-refractivity contribution >= 4 is 23.3 Å². The lowest BCUT2D eigenvalue weighted by Gasteiger charge is -2.24. The highest BCUT2D eigenvalue weighted by Crippen LogP contribution is 2.26. The number of ether oxygens (including phenoxy) is 2. The lowest BCUT2D eigenvalue weighted by atomic mass is 9.86. The van der Waals surface area contributed by atoms with Gasteiger partial charge in [0.25, 0.3) is 0 Å². The average Bonchev–Trinajstić information content (AvgIpc) is 2.75. The van der Waals surface area contributed by atoms with Crippen molar-refractivity contribution in [1.82, 2.24) is 10.6 Å². The molecule has 0 aliphatic heterocycles. The zero-order valence-corrected chi connectivity index (χ0v) is 22.1. The van der Waals surface area contributed by atoms with Gasteiger partial charge in [0.15, 0.2) is 16.6 Å². The number of hydrogen-bond donors (Lipinski definition) is 3. The molecular weight excluding hydrogens is 448 g/mol. The third-order valence-corrected chi connectivity index (χ3v) is 5.62. The van der Waals surface area contributed by atoms with Crippen LogP contribution in [0.4, 0.5) is 0 Å². The van der Waals surface area contributed by atoms with Gasteiger partial charge < -0.3 is 25.2 Å². The van der Waals surface area contributed by atoms with Crippen LogP contribution in [0.5, 0.6) is 11.5 Å². The number of carbonyl (C=O) groups is 1. The molecule has 2 rings (SSSR count). The van der Waals surface area contributed by atoms with Gasteiger partial charge in [-0.15, -0.1) is 0 Å². The number of benzene rings is 2. The molecule has 0 aromatic heterocycles. The molecule has 2 aromatic rings. The summed E-state index contributed by atoms with van der Waals surface area (Å²) in [5, 5.41) is 16.7. The molecule has 7 heteroatoms. The molecule has 34 heavy (non-hydrogen) atoms. The summed E-state index contributed by atoms with van der Waals surface area (Å²) in [4.78, 5) is 12.3. The van der Waals surface area contributed by atoms with Gasteiger partial charge in [0, 0.05) is 6.54 Å². The van der Waals surface area contributed by atoms with E-state index in [2.05, 4.69) is 55.7 Å². The van der Waals surface area contributed by atoms with Gasteiger partial charge in [0.2, 0.25) is 0 Å². The van der Waals surface area contributed by atoms with Crippen molar-refractivity contribution in [3.63, 3.8) is 0 Å². The molecule has 1 atom stereocenters. The number of hydrogen-bond acceptors (Lipinski definition) is 5. The van der Waals surface area contributed by atoms with E-state index in [1.807, 2.05) is 20.8 Å². The van der Waals surface area contributed by atoms with Crippen molar-refractivity contribution < 1.29 is 19.4 Å². The second kappa shape index (κ2) is 11.6. The van der Waals surface area contributed by atoms with Crippen molar-refractivity contribution in [2.24, 2.45) is 5.41 Å². The Labute approximate surface area is 209 Å². The van der Waals surface area contributed by atoms with Crippen molar-refractivity contribution in [1.29, 1.82) is 0 Å². The first kappa shape index (κ1) is 27.4. The minimum atomic E-state index is -0.574. The molecule has 3 N–H and O–H groups in total. The summed E-state index contributed by atoms with van der Waals surface area (Å²) in [6.45, 7) is 12.7. The van der Waals surface area contributed by atoms with Crippen LogP contribution < -0.4 is 15.4 Å². The van der Waals surface area contributed by atoms with E-state index < -0.39 is 5.41 Å². The van der Waals surface area contributed by atoms with Crippen molar-refractivity contribution in [3.8, 4) is 11.5 Å². The van der Waals surface area contributed by atoms with Crippen molar-refractivity contribution in [2.45, 2.75) is 66.0 Å². The normalized spacial score (nSPS) is 12.6. The molecule has 0 fully saturated rings. The first-order valence-electron chi connectivity index (χ1n) is 11.5. The molecule has 0 aliphatic carbocycles. The Bertz CT molecular complexity index is 976. The summed E-state index contributed by atoms with van der Waals surface area (Å²) in [6, 6.07) is 13.4. The van der Waals surface area contributed by atoms with Crippen LogP contribution in [0.3, 0.4) is 0 Å². The Balaban J connectivity index is 2.05. The zero-order valence-electron chi connectivity index (χ0n) is 21.3. The van der Waals surface area contributed by atoms with Crippen LogP contribution >= 0.6 is 12.2 Å². The van der Waals surface area contributed by atoms with E-state index in [1.165, 1.54) is 12.7 Å². The monoisotopic (exact) mass is 486 g/mol. The van der Waals surface area contributed by atoms with Crippen molar-refractivity contribution in [2.75, 3.05) is 13.7 Å². The maximum atomic E-state index is 12.3. The first-order valence-corrected chi connectivity index (χ1v) is 11.9. The van der Waals surface area contributed by atoms with E-state index >= 15 is 0 Å². The molecule has 0 heterocycles. The predicted molar refractivity (Wildman–Crippen MR) is 140 cm³/mol. The summed E-state index contributed by atoms with van der Waals surface area (Å²) < 4.78 is 10.8. The van der Waals surface area contributed by atoms with Gasteiger partial charge in [-0.05, 0) is 73.6 Å². The summed E-state index contributed by atoms with van der Waals surface area (Å²) in [6.07, 6.45) is 0.650. The van der Waals surface area contributed by atoms with E-state index in [0.717, 1.165) is 11.1 Å². The SMILES string of the molecule is COc1cc(CNC(=S)NC(COC(=O)C(C)(C)C)Cc2ccc(C(C)(C)C)cc2)ccc1O. The van der Waals surface area contributed by atoms with Gasteiger partial charge in [-0.25, -0.2) is 0 Å². The molecule has 0 saturated heterocycles. The quantitative estimate of drug-likeness (QED) is 0.363. The second-order valence-electron chi connectivity index (χ2n) is 10.5. The number of nitrogens with one attached hydrogen (secondary N) is 2. The Kier molecular flexibility index (Phi) is 9.33. The first-order chi connectivity index (χ1) is 15.8. The third-order valence-electron chi connectivity index (χ3n) is 5.36. The van der Waals surface area contributed by atoms with Crippen LogP contribution in [-0.4, -0.2) is 35.9 Å². The fraction of sp³-hybridized carbons (Fsp3) is 0.481. The van der Waals surface area contributed by atoms with E-state index in [-0.39, 0.29) is 29.8 Å². The molecule has 1 unspecified atom stereocenters. The Morgan fingerprint density at radius 1 is 1.03 bits per heavy atom. The van der Waals surface area contributed by atoms with E-state index in [0.29, 0.717) is 23.8 Å². The number of phenolic OH excluding ortho intramolecular Hbond substituents is 1. The maximum absolute atomic E-state index is 12.3. The number of phenols is 1. The van der Waals surface area contributed by atoms with Gasteiger partial charge in [-0.1, -0.05) is 51.1 Å². The van der Waals surface area contributed by atoms with Gasteiger partial charge in [0.05, 0.1) is 18.6 Å². The number of methoxy groups -OCH3 is 1.